The Balaban J connectivity index is 2.01. The summed E-state index contributed by atoms with van der Waals surface area (Å²) in [4.78, 5) is 38.8. The number of hydrogen-bond donors (Lipinski definition) is 2. The van der Waals surface area contributed by atoms with Crippen molar-refractivity contribution in [2.75, 3.05) is 4.90 Å². The van der Waals surface area contributed by atoms with Crippen LogP contribution < -0.4 is 10.6 Å². The Kier molecular flexibility index (Phi) is 7.16. The van der Waals surface area contributed by atoms with Crippen LogP contribution in [0, 0.1) is 0 Å². The molecule has 0 fully saturated rings. The highest BCUT2D eigenvalue weighted by Crippen LogP contribution is 2.35. The first-order chi connectivity index (χ1) is 17.4. The van der Waals surface area contributed by atoms with E-state index in [2.05, 4.69) is 25.0 Å². The number of pyridine rings is 1. The zero-order valence-corrected chi connectivity index (χ0v) is 19.7. The van der Waals surface area contributed by atoms with Crippen molar-refractivity contribution in [3.63, 3.8) is 0 Å². The molecule has 17 heteroatoms. The lowest BCUT2D eigenvalue weighted by Gasteiger charge is -2.30. The fraction of sp³-hybridized carbons (Fsp3) is 0.286. The summed E-state index contributed by atoms with van der Waals surface area (Å²) in [6.07, 6.45) is -7.56. The second-order valence-corrected chi connectivity index (χ2v) is 8.64. The van der Waals surface area contributed by atoms with Crippen LogP contribution in [0.3, 0.4) is 0 Å². The van der Waals surface area contributed by atoms with Gasteiger partial charge in [-0.15, -0.1) is 5.10 Å². The summed E-state index contributed by atoms with van der Waals surface area (Å²) < 4.78 is 79.5. The number of nitrogens with zero attached hydrogens (tertiary/aromatic N) is 7. The number of carbonyl (C=O) groups excluding carboxylic acids is 1. The second kappa shape index (κ2) is 9.71. The SMILES string of the molecule is CC(C)(C)N(C(=O)O)c1ncc(/C(=C\n2cnc(-c3cc(C(F)(F)F)nc(C(F)(F)F)c3)n2)C(N)=O)cn1. The molecule has 3 aromatic rings. The summed E-state index contributed by atoms with van der Waals surface area (Å²) >= 11 is 0. The van der Waals surface area contributed by atoms with Gasteiger partial charge in [0.25, 0.3) is 5.91 Å². The van der Waals surface area contributed by atoms with E-state index in [9.17, 15) is 41.0 Å². The molecule has 202 valence electrons. The van der Waals surface area contributed by atoms with Gasteiger partial charge >= 0.3 is 18.4 Å². The maximum absolute atomic E-state index is 13.1. The molecule has 2 amide bonds. The monoisotopic (exact) mass is 544 g/mol. The summed E-state index contributed by atoms with van der Waals surface area (Å²) in [6, 6.07) is 0.702. The molecule has 0 unspecified atom stereocenters. The number of halogens is 6. The van der Waals surface area contributed by atoms with Crippen LogP contribution in [0.4, 0.5) is 37.1 Å². The summed E-state index contributed by atoms with van der Waals surface area (Å²) in [5, 5.41) is 13.3. The molecule has 3 aromatic heterocycles. The Bertz CT molecular complexity index is 1360. The number of aromatic nitrogens is 6. The molecule has 0 aliphatic carbocycles. The third kappa shape index (κ3) is 6.22. The minimum atomic E-state index is -5.17. The van der Waals surface area contributed by atoms with Crippen molar-refractivity contribution in [3.05, 3.63) is 47.8 Å². The van der Waals surface area contributed by atoms with Gasteiger partial charge in [0.2, 0.25) is 5.95 Å². The van der Waals surface area contributed by atoms with E-state index in [4.69, 9.17) is 5.73 Å². The van der Waals surface area contributed by atoms with Crippen molar-refractivity contribution in [1.82, 2.24) is 29.7 Å². The van der Waals surface area contributed by atoms with Gasteiger partial charge in [-0.1, -0.05) is 0 Å². The highest BCUT2D eigenvalue weighted by atomic mass is 19.4. The van der Waals surface area contributed by atoms with Crippen LogP contribution in [0.2, 0.25) is 0 Å². The van der Waals surface area contributed by atoms with Gasteiger partial charge in [0.15, 0.2) is 5.82 Å². The molecule has 0 saturated carbocycles. The molecule has 0 saturated heterocycles. The first-order valence-corrected chi connectivity index (χ1v) is 10.3. The van der Waals surface area contributed by atoms with E-state index >= 15 is 0 Å². The normalized spacial score (nSPS) is 12.9. The quantitative estimate of drug-likeness (QED) is 0.362. The summed E-state index contributed by atoms with van der Waals surface area (Å²) in [5.74, 6) is -1.75. The number of rotatable bonds is 5. The molecule has 0 aliphatic heterocycles. The summed E-state index contributed by atoms with van der Waals surface area (Å²) in [5.41, 5.74) is 0.0149. The highest BCUT2D eigenvalue weighted by Gasteiger charge is 2.39. The second-order valence-electron chi connectivity index (χ2n) is 8.64. The Morgan fingerprint density at radius 1 is 0.974 bits per heavy atom. The van der Waals surface area contributed by atoms with Crippen molar-refractivity contribution in [1.29, 1.82) is 0 Å². The molecule has 0 atom stereocenters. The third-order valence-corrected chi connectivity index (χ3v) is 4.71. The fourth-order valence-electron chi connectivity index (χ4n) is 3.08. The zero-order chi connectivity index (χ0) is 28.6. The molecule has 3 rings (SSSR count). The van der Waals surface area contributed by atoms with Gasteiger partial charge in [-0.05, 0) is 32.9 Å². The van der Waals surface area contributed by atoms with E-state index in [0.29, 0.717) is 12.1 Å². The molecule has 38 heavy (non-hydrogen) atoms. The fourth-order valence-corrected chi connectivity index (χ4v) is 3.08. The lowest BCUT2D eigenvalue weighted by molar-refractivity contribution is -0.150. The van der Waals surface area contributed by atoms with E-state index < -0.39 is 52.7 Å². The largest absolute Gasteiger partial charge is 0.465 e. The average Bonchev–Trinajstić information content (AvgIpc) is 3.24. The molecule has 0 aliphatic rings. The maximum Gasteiger partial charge on any atom is 0.433 e. The lowest BCUT2D eigenvalue weighted by atomic mass is 10.1. The lowest BCUT2D eigenvalue weighted by Crippen LogP contribution is -2.46. The van der Waals surface area contributed by atoms with E-state index in [0.717, 1.165) is 34.5 Å². The minimum Gasteiger partial charge on any atom is -0.465 e. The van der Waals surface area contributed by atoms with E-state index in [1.54, 1.807) is 20.8 Å². The van der Waals surface area contributed by atoms with Crippen molar-refractivity contribution >= 4 is 29.7 Å². The van der Waals surface area contributed by atoms with Gasteiger partial charge in [-0.2, -0.15) is 26.3 Å². The number of nitrogens with two attached hydrogens (primary N) is 1. The number of hydrogen-bond acceptors (Lipinski definition) is 7. The Hall–Kier alpha value is -4.57. The van der Waals surface area contributed by atoms with Gasteiger partial charge < -0.3 is 10.8 Å². The zero-order valence-electron chi connectivity index (χ0n) is 19.7. The van der Waals surface area contributed by atoms with E-state index in [1.165, 1.54) is 0 Å². The Morgan fingerprint density at radius 3 is 1.92 bits per heavy atom. The Labute approximate surface area is 209 Å². The molecule has 0 spiro atoms. The van der Waals surface area contributed by atoms with Gasteiger partial charge in [0.05, 0.1) is 5.57 Å². The van der Waals surface area contributed by atoms with Crippen LogP contribution in [0.5, 0.6) is 0 Å². The first-order valence-electron chi connectivity index (χ1n) is 10.3. The molecule has 3 N–H and O–H groups in total. The topological polar surface area (TPSA) is 153 Å². The van der Waals surface area contributed by atoms with Crippen molar-refractivity contribution in [3.8, 4) is 11.4 Å². The minimum absolute atomic E-state index is 0.0141. The highest BCUT2D eigenvalue weighted by molar-refractivity contribution is 6.22. The van der Waals surface area contributed by atoms with Crippen LogP contribution in [0.25, 0.3) is 23.2 Å². The van der Waals surface area contributed by atoms with Crippen molar-refractivity contribution in [2.24, 2.45) is 5.73 Å². The first kappa shape index (κ1) is 28.0. The number of anilines is 1. The van der Waals surface area contributed by atoms with Crippen molar-refractivity contribution < 1.29 is 41.0 Å². The van der Waals surface area contributed by atoms with Gasteiger partial charge in [-0.3, -0.25) is 4.79 Å². The molecule has 11 nitrogen and oxygen atoms in total. The predicted molar refractivity (Wildman–Crippen MR) is 119 cm³/mol. The predicted octanol–water partition coefficient (Wildman–Crippen LogP) is 3.93. The Morgan fingerprint density at radius 2 is 1.50 bits per heavy atom. The number of carbonyl (C=O) groups is 2. The average molecular weight is 544 g/mol. The van der Waals surface area contributed by atoms with Crippen LogP contribution >= 0.6 is 0 Å². The number of amides is 2. The van der Waals surface area contributed by atoms with Crippen LogP contribution in [-0.2, 0) is 17.1 Å². The summed E-state index contributed by atoms with van der Waals surface area (Å²) in [7, 11) is 0. The number of carboxylic acid groups (broad SMARTS) is 1. The van der Waals surface area contributed by atoms with E-state index in [-0.39, 0.29) is 17.1 Å². The smallest absolute Gasteiger partial charge is 0.433 e. The molecule has 0 radical (unpaired) electrons. The standard InChI is InChI=1S/C21H18F6N8O3/c1-19(2,3)35(18(37)38)17-29-6-11(7-30-17)12(15(28)36)8-34-9-31-16(33-34)10-4-13(20(22,23)24)32-14(5-10)21(25,26)27/h4-9H,1-3H3,(H2,28,36)(H,37,38)/b12-8+. The third-order valence-electron chi connectivity index (χ3n) is 4.71. The van der Waals surface area contributed by atoms with Gasteiger partial charge in [0.1, 0.15) is 17.7 Å². The van der Waals surface area contributed by atoms with Gasteiger partial charge in [0, 0.05) is 35.3 Å². The number of alkyl halides is 6. The van der Waals surface area contributed by atoms with Crippen LogP contribution in [0.15, 0.2) is 30.9 Å². The van der Waals surface area contributed by atoms with Crippen molar-refractivity contribution in [2.45, 2.75) is 38.7 Å². The van der Waals surface area contributed by atoms with Crippen LogP contribution in [-0.4, -0.2) is 52.4 Å². The van der Waals surface area contributed by atoms with Gasteiger partial charge in [-0.25, -0.2) is 34.3 Å². The number of primary amides is 1. The molecule has 3 heterocycles. The molecular formula is C21H18F6N8O3. The van der Waals surface area contributed by atoms with Crippen LogP contribution in [0.1, 0.15) is 37.7 Å². The molecule has 0 bridgehead atoms. The maximum atomic E-state index is 13.1. The summed E-state index contributed by atoms with van der Waals surface area (Å²) in [6.45, 7) is 4.81. The molecule has 0 aromatic carbocycles. The van der Waals surface area contributed by atoms with E-state index in [1.807, 2.05) is 0 Å². The molecular weight excluding hydrogens is 526 g/mol.